The highest BCUT2D eigenvalue weighted by Gasteiger charge is 1.93. The van der Waals surface area contributed by atoms with Crippen LogP contribution in [0.4, 0.5) is 4.39 Å². The topological polar surface area (TPSA) is 0 Å². The molecule has 1 rings (SSSR count). The highest BCUT2D eigenvalue weighted by Crippen LogP contribution is 2.09. The zero-order valence-electron chi connectivity index (χ0n) is 7.34. The third kappa shape index (κ3) is 4.54. The number of rotatable bonds is 0. The molecule has 0 N–H and O–H groups in total. The van der Waals surface area contributed by atoms with Gasteiger partial charge < -0.3 is 0 Å². The minimum absolute atomic E-state index is 0.171. The van der Waals surface area contributed by atoms with Crippen LogP contribution in [-0.2, 0) is 0 Å². The third-order valence-corrected chi connectivity index (χ3v) is 1.23. The number of hydrogen-bond acceptors (Lipinski definition) is 0. The van der Waals surface area contributed by atoms with E-state index in [2.05, 4.69) is 0 Å². The molecule has 62 valence electrons. The fourth-order valence-electron chi connectivity index (χ4n) is 0.686. The van der Waals surface area contributed by atoms with Gasteiger partial charge in [-0.2, -0.15) is 0 Å². The molecule has 0 fully saturated rings. The summed E-state index contributed by atoms with van der Waals surface area (Å²) in [5.41, 5.74) is 0. The molecule has 1 atom stereocenters. The Balaban J connectivity index is 0.000000461. The maximum absolute atomic E-state index is 12.3. The lowest BCUT2D eigenvalue weighted by Gasteiger charge is -1.90. The minimum atomic E-state index is -0.171. The first-order chi connectivity index (χ1) is 5.29. The lowest BCUT2D eigenvalue weighted by Crippen LogP contribution is -1.77. The summed E-state index contributed by atoms with van der Waals surface area (Å²) in [5.74, 6) is 0.185. The fourth-order valence-corrected chi connectivity index (χ4v) is 0.686. The molecule has 11 heavy (non-hydrogen) atoms. The van der Waals surface area contributed by atoms with Crippen molar-refractivity contribution in [1.82, 2.24) is 0 Å². The van der Waals surface area contributed by atoms with E-state index in [-0.39, 0.29) is 5.83 Å². The predicted molar refractivity (Wildman–Crippen MR) is 48.0 cm³/mol. The van der Waals surface area contributed by atoms with Gasteiger partial charge in [-0.05, 0) is 18.1 Å². The Morgan fingerprint density at radius 2 is 1.91 bits per heavy atom. The van der Waals surface area contributed by atoms with E-state index in [0.29, 0.717) is 5.92 Å². The van der Waals surface area contributed by atoms with Gasteiger partial charge in [0.15, 0.2) is 0 Å². The molecule has 1 unspecified atom stereocenters. The summed E-state index contributed by atoms with van der Waals surface area (Å²) in [6, 6.07) is 0. The van der Waals surface area contributed by atoms with Crippen LogP contribution >= 0.6 is 0 Å². The summed E-state index contributed by atoms with van der Waals surface area (Å²) in [7, 11) is 0. The average Bonchev–Trinajstić information content (AvgIpc) is 2.20. The fraction of sp³-hybridized carbons (Fsp3) is 0.400. The molecule has 0 aromatic rings. The zero-order chi connectivity index (χ0) is 8.69. The second kappa shape index (κ2) is 5.90. The number of allylic oxidation sites excluding steroid dienone is 6. The summed E-state index contributed by atoms with van der Waals surface area (Å²) < 4.78 is 12.3. The van der Waals surface area contributed by atoms with Crippen LogP contribution in [0.5, 0.6) is 0 Å². The summed E-state index contributed by atoms with van der Waals surface area (Å²) >= 11 is 0. The van der Waals surface area contributed by atoms with Crippen LogP contribution in [0.3, 0.4) is 0 Å². The Morgan fingerprint density at radius 3 is 2.55 bits per heavy atom. The molecule has 0 aromatic heterocycles. The van der Waals surface area contributed by atoms with Crippen molar-refractivity contribution in [3.05, 3.63) is 36.2 Å². The number of hydrogen-bond donors (Lipinski definition) is 0. The lowest BCUT2D eigenvalue weighted by molar-refractivity contribution is 0.666. The van der Waals surface area contributed by atoms with Crippen molar-refractivity contribution in [2.45, 2.75) is 20.8 Å². The van der Waals surface area contributed by atoms with Crippen molar-refractivity contribution in [3.63, 3.8) is 0 Å². The summed E-state index contributed by atoms with van der Waals surface area (Å²) in [5, 5.41) is 0. The van der Waals surface area contributed by atoms with Gasteiger partial charge in [0, 0.05) is 0 Å². The standard InChI is InChI=1S/C8H9F.C2H6/c1-7-3-2-4-8(9)6-5-7;1-2/h2-7H,1H3;1-2H3. The van der Waals surface area contributed by atoms with Crippen LogP contribution in [0.15, 0.2) is 36.2 Å². The van der Waals surface area contributed by atoms with Crippen LogP contribution < -0.4 is 0 Å². The van der Waals surface area contributed by atoms with Gasteiger partial charge in [0.05, 0.1) is 0 Å². The molecule has 0 radical (unpaired) electrons. The Hall–Kier alpha value is -0.850. The van der Waals surface area contributed by atoms with Crippen LogP contribution in [-0.4, -0.2) is 0 Å². The minimum Gasteiger partial charge on any atom is -0.207 e. The first kappa shape index (κ1) is 10.2. The van der Waals surface area contributed by atoms with Gasteiger partial charge in [0.2, 0.25) is 0 Å². The van der Waals surface area contributed by atoms with E-state index in [9.17, 15) is 4.39 Å². The molecule has 0 aromatic carbocycles. The molecule has 0 bridgehead atoms. The Labute approximate surface area is 68.1 Å². The van der Waals surface area contributed by atoms with Gasteiger partial charge in [0.1, 0.15) is 5.83 Å². The van der Waals surface area contributed by atoms with E-state index in [1.54, 1.807) is 6.08 Å². The average molecular weight is 154 g/mol. The van der Waals surface area contributed by atoms with E-state index >= 15 is 0 Å². The van der Waals surface area contributed by atoms with Crippen LogP contribution in [0.25, 0.3) is 0 Å². The molecule has 1 heteroatoms. The van der Waals surface area contributed by atoms with Crippen LogP contribution in [0, 0.1) is 5.92 Å². The van der Waals surface area contributed by atoms with Crippen molar-refractivity contribution >= 4 is 0 Å². The Kier molecular flexibility index (Phi) is 5.44. The van der Waals surface area contributed by atoms with E-state index in [1.807, 2.05) is 32.9 Å². The number of halogens is 1. The van der Waals surface area contributed by atoms with E-state index in [1.165, 1.54) is 12.2 Å². The molecule has 0 heterocycles. The zero-order valence-corrected chi connectivity index (χ0v) is 7.34. The molecule has 0 nitrogen and oxygen atoms in total. The second-order valence-corrected chi connectivity index (χ2v) is 2.15. The lowest BCUT2D eigenvalue weighted by atomic mass is 10.2. The highest BCUT2D eigenvalue weighted by molar-refractivity contribution is 5.23. The third-order valence-electron chi connectivity index (χ3n) is 1.23. The van der Waals surface area contributed by atoms with Gasteiger partial charge in [-0.15, -0.1) is 0 Å². The normalized spacial score (nSPS) is 21.5. The van der Waals surface area contributed by atoms with Crippen molar-refractivity contribution in [3.8, 4) is 0 Å². The van der Waals surface area contributed by atoms with Crippen molar-refractivity contribution < 1.29 is 4.39 Å². The molecule has 0 saturated carbocycles. The molecule has 0 saturated heterocycles. The monoisotopic (exact) mass is 154 g/mol. The summed E-state index contributed by atoms with van der Waals surface area (Å²) in [6.45, 7) is 6.01. The molecule has 0 spiro atoms. The van der Waals surface area contributed by atoms with Gasteiger partial charge in [0.25, 0.3) is 0 Å². The summed E-state index contributed by atoms with van der Waals surface area (Å²) in [4.78, 5) is 0. The highest BCUT2D eigenvalue weighted by atomic mass is 19.1. The Morgan fingerprint density at radius 1 is 1.27 bits per heavy atom. The Bertz CT molecular complexity index is 175. The van der Waals surface area contributed by atoms with Gasteiger partial charge in [-0.1, -0.05) is 39.0 Å². The first-order valence-electron chi connectivity index (χ1n) is 4.01. The predicted octanol–water partition coefficient (Wildman–Crippen LogP) is 3.63. The van der Waals surface area contributed by atoms with Crippen molar-refractivity contribution in [2.24, 2.45) is 5.92 Å². The van der Waals surface area contributed by atoms with E-state index < -0.39 is 0 Å². The molecule has 0 aliphatic heterocycles. The SMILES string of the molecule is CC.CC1C=CC=C(F)C=C1. The van der Waals surface area contributed by atoms with Crippen molar-refractivity contribution in [1.29, 1.82) is 0 Å². The van der Waals surface area contributed by atoms with E-state index in [0.717, 1.165) is 0 Å². The largest absolute Gasteiger partial charge is 0.207 e. The maximum Gasteiger partial charge on any atom is 0.122 e. The smallest absolute Gasteiger partial charge is 0.122 e. The molecular weight excluding hydrogens is 139 g/mol. The van der Waals surface area contributed by atoms with Crippen LogP contribution in [0.1, 0.15) is 20.8 Å². The first-order valence-corrected chi connectivity index (χ1v) is 4.01. The molecule has 1 aliphatic carbocycles. The van der Waals surface area contributed by atoms with E-state index in [4.69, 9.17) is 0 Å². The molecule has 0 amide bonds. The second-order valence-electron chi connectivity index (χ2n) is 2.15. The quantitative estimate of drug-likeness (QED) is 0.500. The molecule has 1 aliphatic rings. The van der Waals surface area contributed by atoms with Crippen molar-refractivity contribution in [2.75, 3.05) is 0 Å². The van der Waals surface area contributed by atoms with Crippen LogP contribution in [0.2, 0.25) is 0 Å². The summed E-state index contributed by atoms with van der Waals surface area (Å²) in [6.07, 6.45) is 8.46. The molecular formula is C10H15F. The maximum atomic E-state index is 12.3. The van der Waals surface area contributed by atoms with Gasteiger partial charge >= 0.3 is 0 Å². The van der Waals surface area contributed by atoms with Gasteiger partial charge in [-0.3, -0.25) is 0 Å². The van der Waals surface area contributed by atoms with Gasteiger partial charge in [-0.25, -0.2) is 4.39 Å².